The third-order valence-corrected chi connectivity index (χ3v) is 0. The van der Waals surface area contributed by atoms with E-state index in [0.717, 1.165) is 0 Å². The molecule has 0 atom stereocenters. The van der Waals surface area contributed by atoms with Crippen molar-refractivity contribution in [2.45, 2.75) is 6.92 Å². The van der Waals surface area contributed by atoms with Gasteiger partial charge in [0.2, 0.25) is 0 Å². The molecule has 3 N–H and O–H groups in total. The summed E-state index contributed by atoms with van der Waals surface area (Å²) in [5.74, 6) is 0. The van der Waals surface area contributed by atoms with Crippen LogP contribution in [0.25, 0.3) is 0 Å². The molecule has 6 heavy (non-hydrogen) atoms. The van der Waals surface area contributed by atoms with Crippen molar-refractivity contribution >= 4 is 0 Å². The van der Waals surface area contributed by atoms with Crippen molar-refractivity contribution in [1.82, 2.24) is 0 Å². The summed E-state index contributed by atoms with van der Waals surface area (Å²) in [7, 11) is 0. The van der Waals surface area contributed by atoms with E-state index in [1.54, 1.807) is 6.92 Å². The topological polar surface area (TPSA) is 60.7 Å². The summed E-state index contributed by atoms with van der Waals surface area (Å²) in [5.41, 5.74) is 0. The molecule has 36 valence electrons. The van der Waals surface area contributed by atoms with Crippen LogP contribution in [-0.4, -0.2) is 22.2 Å². The number of aliphatic hydroxyl groups is 1. The van der Waals surface area contributed by atoms with Gasteiger partial charge in [-0.2, -0.15) is 0 Å². The van der Waals surface area contributed by atoms with Gasteiger partial charge in [0.25, 0.3) is 0 Å². The maximum Gasteiger partial charge on any atom is 1.00 e. The van der Waals surface area contributed by atoms with Gasteiger partial charge in [-0.05, 0) is 6.92 Å². The standard InChI is InChI=1S/C2H6O.Na.H2O2.H/c1-2-3;;1-2;/h3H,2H2,1H3;;1-2H;/q;+1;;-1. The minimum atomic E-state index is 0. The number of hydrogen-bond donors (Lipinski definition) is 3. The van der Waals surface area contributed by atoms with Gasteiger partial charge in [0, 0.05) is 6.61 Å². The Hall–Kier alpha value is 0.880. The van der Waals surface area contributed by atoms with E-state index in [-0.39, 0.29) is 37.6 Å². The van der Waals surface area contributed by atoms with Crippen LogP contribution in [-0.2, 0) is 0 Å². The van der Waals surface area contributed by atoms with Crippen molar-refractivity contribution in [1.29, 1.82) is 0 Å². The van der Waals surface area contributed by atoms with Crippen LogP contribution in [0.3, 0.4) is 0 Å². The van der Waals surface area contributed by atoms with Gasteiger partial charge in [-0.1, -0.05) is 0 Å². The van der Waals surface area contributed by atoms with E-state index in [1.807, 2.05) is 0 Å². The van der Waals surface area contributed by atoms with Crippen LogP contribution in [0.2, 0.25) is 0 Å². The predicted octanol–water partition coefficient (Wildman–Crippen LogP) is -2.87. The molecule has 4 heteroatoms. The summed E-state index contributed by atoms with van der Waals surface area (Å²) in [6.45, 7) is 1.93. The van der Waals surface area contributed by atoms with Crippen LogP contribution < -0.4 is 29.6 Å². The summed E-state index contributed by atoms with van der Waals surface area (Å²) in [5, 5.41) is 19.6. The maximum absolute atomic E-state index is 7.57. The zero-order chi connectivity index (χ0) is 4.71. The molecule has 0 radical (unpaired) electrons. The van der Waals surface area contributed by atoms with Crippen molar-refractivity contribution in [3.8, 4) is 0 Å². The molecule has 0 spiro atoms. The van der Waals surface area contributed by atoms with E-state index in [1.165, 1.54) is 0 Å². The summed E-state index contributed by atoms with van der Waals surface area (Å²) >= 11 is 0. The summed E-state index contributed by atoms with van der Waals surface area (Å²) in [6.07, 6.45) is 0. The number of aliphatic hydroxyl groups excluding tert-OH is 1. The predicted molar refractivity (Wildman–Crippen MR) is 19.1 cm³/mol. The van der Waals surface area contributed by atoms with Crippen LogP contribution in [0.5, 0.6) is 0 Å². The first-order valence-electron chi connectivity index (χ1n) is 1.22. The van der Waals surface area contributed by atoms with E-state index in [0.29, 0.717) is 0 Å². The molecular formula is C2H9NaO3. The van der Waals surface area contributed by atoms with E-state index >= 15 is 0 Å². The van der Waals surface area contributed by atoms with E-state index in [2.05, 4.69) is 0 Å². The number of rotatable bonds is 0. The van der Waals surface area contributed by atoms with E-state index in [9.17, 15) is 0 Å². The van der Waals surface area contributed by atoms with Crippen LogP contribution >= 0.6 is 0 Å². The molecule has 0 saturated heterocycles. The third-order valence-electron chi connectivity index (χ3n) is 0. The van der Waals surface area contributed by atoms with Gasteiger partial charge in [-0.25, -0.2) is 0 Å². The van der Waals surface area contributed by atoms with Gasteiger partial charge in [0.05, 0.1) is 0 Å². The monoisotopic (exact) mass is 104 g/mol. The van der Waals surface area contributed by atoms with Gasteiger partial charge >= 0.3 is 29.6 Å². The van der Waals surface area contributed by atoms with Gasteiger partial charge < -0.3 is 6.53 Å². The first-order valence-corrected chi connectivity index (χ1v) is 1.22. The molecule has 0 rings (SSSR count). The molecule has 0 aromatic heterocycles. The Morgan fingerprint density at radius 3 is 1.50 bits per heavy atom. The molecule has 0 aromatic carbocycles. The van der Waals surface area contributed by atoms with Crippen molar-refractivity contribution in [2.24, 2.45) is 0 Å². The van der Waals surface area contributed by atoms with Gasteiger partial charge in [-0.3, -0.25) is 10.5 Å². The Morgan fingerprint density at radius 1 is 1.50 bits per heavy atom. The fourth-order valence-corrected chi connectivity index (χ4v) is 0. The van der Waals surface area contributed by atoms with Crippen LogP contribution in [0, 0.1) is 0 Å². The third kappa shape index (κ3) is 94.9. The first kappa shape index (κ1) is 15.8. The average molecular weight is 104 g/mol. The molecule has 0 saturated carbocycles. The van der Waals surface area contributed by atoms with E-state index in [4.69, 9.17) is 15.6 Å². The summed E-state index contributed by atoms with van der Waals surface area (Å²) in [6, 6.07) is 0. The molecule has 0 aliphatic rings. The van der Waals surface area contributed by atoms with Gasteiger partial charge in [0.1, 0.15) is 0 Å². The molecule has 0 amide bonds. The Bertz CT molecular complexity index is 12.9. The molecular weight excluding hydrogens is 95.0 g/mol. The maximum atomic E-state index is 7.57. The fraction of sp³-hybridized carbons (Fsp3) is 1.00. The van der Waals surface area contributed by atoms with Crippen LogP contribution in [0.4, 0.5) is 0 Å². The van der Waals surface area contributed by atoms with Crippen molar-refractivity contribution in [3.63, 3.8) is 0 Å². The van der Waals surface area contributed by atoms with Crippen LogP contribution in [0.15, 0.2) is 0 Å². The minimum Gasteiger partial charge on any atom is -1.00 e. The Morgan fingerprint density at radius 2 is 1.50 bits per heavy atom. The Kier molecular flexibility index (Phi) is 104. The Labute approximate surface area is 60.3 Å². The molecule has 0 heterocycles. The smallest absolute Gasteiger partial charge is 1.00 e. The minimum absolute atomic E-state index is 0. The second kappa shape index (κ2) is 39.6. The first-order chi connectivity index (χ1) is 2.41. The van der Waals surface area contributed by atoms with Crippen molar-refractivity contribution < 1.29 is 46.6 Å². The SMILES string of the molecule is CCO.OO.[H-].[Na+]. The van der Waals surface area contributed by atoms with E-state index < -0.39 is 0 Å². The Balaban J connectivity index is -0.0000000105. The molecule has 0 aliphatic heterocycles. The van der Waals surface area contributed by atoms with Gasteiger partial charge in [0.15, 0.2) is 0 Å². The summed E-state index contributed by atoms with van der Waals surface area (Å²) < 4.78 is 0. The average Bonchev–Trinajstić information content (AvgIpc) is 1.46. The van der Waals surface area contributed by atoms with Crippen molar-refractivity contribution in [3.05, 3.63) is 0 Å². The summed E-state index contributed by atoms with van der Waals surface area (Å²) in [4.78, 5) is 0. The molecule has 0 fully saturated rings. The second-order valence-corrected chi connectivity index (χ2v) is 0.316. The molecule has 0 unspecified atom stereocenters. The molecule has 0 aromatic rings. The molecule has 0 aliphatic carbocycles. The molecule has 0 bridgehead atoms. The van der Waals surface area contributed by atoms with Crippen molar-refractivity contribution in [2.75, 3.05) is 6.61 Å². The second-order valence-electron chi connectivity index (χ2n) is 0.316. The zero-order valence-corrected chi connectivity index (χ0v) is 6.05. The molecule has 3 nitrogen and oxygen atoms in total. The fourth-order valence-electron chi connectivity index (χ4n) is 0. The zero-order valence-electron chi connectivity index (χ0n) is 5.05. The van der Waals surface area contributed by atoms with Gasteiger partial charge in [-0.15, -0.1) is 0 Å². The van der Waals surface area contributed by atoms with Crippen LogP contribution in [0.1, 0.15) is 8.35 Å². The quantitative estimate of drug-likeness (QED) is 0.176. The number of hydrogen-bond acceptors (Lipinski definition) is 3. The normalized spacial score (nSPS) is 4.00. The largest absolute Gasteiger partial charge is 1.00 e.